The van der Waals surface area contributed by atoms with Gasteiger partial charge < -0.3 is 14.8 Å². The number of ether oxygens (including phenoxy) is 2. The van der Waals surface area contributed by atoms with Crippen LogP contribution in [0.25, 0.3) is 6.08 Å². The summed E-state index contributed by atoms with van der Waals surface area (Å²) in [6, 6.07) is 1.18. The average Bonchev–Trinajstić information content (AvgIpc) is 2.82. The standard InChI is InChI=1S/C15H14Br2N2O4/c1-3-5-23-13-10(22-4-2)7-8(11(16)12(13)17)6-9-14(20)19-15(21)18-9/h3,6-7H,1,4-5H2,2H3,(H2,18,19,20,21)/b9-6-. The lowest BCUT2D eigenvalue weighted by Gasteiger charge is -2.15. The van der Waals surface area contributed by atoms with E-state index in [0.717, 1.165) is 0 Å². The van der Waals surface area contributed by atoms with Gasteiger partial charge in [-0.05, 0) is 56.5 Å². The highest BCUT2D eigenvalue weighted by atomic mass is 79.9. The molecule has 0 aromatic heterocycles. The van der Waals surface area contributed by atoms with Crippen LogP contribution >= 0.6 is 31.9 Å². The van der Waals surface area contributed by atoms with Gasteiger partial charge in [0.1, 0.15) is 12.3 Å². The Balaban J connectivity index is 2.48. The third-order valence-corrected chi connectivity index (χ3v) is 4.96. The number of carbonyl (C=O) groups excluding carboxylic acids is 2. The van der Waals surface area contributed by atoms with Gasteiger partial charge in [0, 0.05) is 4.47 Å². The van der Waals surface area contributed by atoms with E-state index >= 15 is 0 Å². The summed E-state index contributed by atoms with van der Waals surface area (Å²) in [5.74, 6) is 0.560. The van der Waals surface area contributed by atoms with E-state index < -0.39 is 11.9 Å². The van der Waals surface area contributed by atoms with Crippen molar-refractivity contribution in [3.05, 3.63) is 38.9 Å². The lowest BCUT2D eigenvalue weighted by atomic mass is 10.1. The van der Waals surface area contributed by atoms with Gasteiger partial charge in [-0.25, -0.2) is 4.79 Å². The van der Waals surface area contributed by atoms with Crippen molar-refractivity contribution in [2.45, 2.75) is 6.92 Å². The number of urea groups is 1. The number of imide groups is 1. The molecular formula is C15H14Br2N2O4. The molecule has 3 amide bonds. The third kappa shape index (κ3) is 3.94. The number of hydrogen-bond donors (Lipinski definition) is 2. The fourth-order valence-corrected chi connectivity index (χ4v) is 2.83. The van der Waals surface area contributed by atoms with Crippen LogP contribution in [0.2, 0.25) is 0 Å². The van der Waals surface area contributed by atoms with Crippen LogP contribution in [0.3, 0.4) is 0 Å². The number of halogens is 2. The number of rotatable bonds is 6. The first-order valence-electron chi connectivity index (χ1n) is 6.70. The van der Waals surface area contributed by atoms with Gasteiger partial charge in [0.25, 0.3) is 5.91 Å². The van der Waals surface area contributed by atoms with E-state index in [2.05, 4.69) is 49.1 Å². The van der Waals surface area contributed by atoms with E-state index in [4.69, 9.17) is 9.47 Å². The molecule has 8 heteroatoms. The SMILES string of the molecule is C=CCOc1c(OCC)cc(/C=C2\NC(=O)NC2=O)c(Br)c1Br. The Bertz CT molecular complexity index is 701. The molecule has 1 saturated heterocycles. The molecule has 0 bridgehead atoms. The van der Waals surface area contributed by atoms with Crippen LogP contribution in [0.15, 0.2) is 33.4 Å². The minimum atomic E-state index is -0.549. The fourth-order valence-electron chi connectivity index (χ4n) is 1.89. The Kier molecular flexibility index (Phi) is 5.84. The summed E-state index contributed by atoms with van der Waals surface area (Å²) in [6.07, 6.45) is 3.18. The second kappa shape index (κ2) is 7.65. The van der Waals surface area contributed by atoms with Crippen LogP contribution in [-0.4, -0.2) is 25.2 Å². The predicted octanol–water partition coefficient (Wildman–Crippen LogP) is 3.36. The molecule has 23 heavy (non-hydrogen) atoms. The largest absolute Gasteiger partial charge is 0.490 e. The van der Waals surface area contributed by atoms with Gasteiger partial charge in [-0.3, -0.25) is 10.1 Å². The van der Waals surface area contributed by atoms with Crippen LogP contribution in [0, 0.1) is 0 Å². The first-order valence-corrected chi connectivity index (χ1v) is 8.29. The molecule has 0 radical (unpaired) electrons. The maximum atomic E-state index is 11.6. The monoisotopic (exact) mass is 444 g/mol. The molecule has 122 valence electrons. The van der Waals surface area contributed by atoms with Gasteiger partial charge in [-0.2, -0.15) is 0 Å². The molecule has 1 fully saturated rings. The number of carbonyl (C=O) groups is 2. The Morgan fingerprint density at radius 3 is 2.52 bits per heavy atom. The quantitative estimate of drug-likeness (QED) is 0.400. The van der Waals surface area contributed by atoms with Crippen LogP contribution in [0.5, 0.6) is 11.5 Å². The molecule has 0 unspecified atom stereocenters. The van der Waals surface area contributed by atoms with Crippen molar-refractivity contribution in [3.8, 4) is 11.5 Å². The highest BCUT2D eigenvalue weighted by Gasteiger charge is 2.24. The number of hydrogen-bond acceptors (Lipinski definition) is 4. The molecule has 1 heterocycles. The highest BCUT2D eigenvalue weighted by Crippen LogP contribution is 2.43. The molecule has 1 aliphatic rings. The summed E-state index contributed by atoms with van der Waals surface area (Å²) in [6.45, 7) is 6.25. The van der Waals surface area contributed by atoms with Crippen molar-refractivity contribution >= 4 is 49.9 Å². The summed E-state index contributed by atoms with van der Waals surface area (Å²) in [4.78, 5) is 22.8. The van der Waals surface area contributed by atoms with Crippen molar-refractivity contribution in [1.82, 2.24) is 10.6 Å². The molecule has 0 spiro atoms. The second-order valence-corrected chi connectivity index (χ2v) is 6.01. The first kappa shape index (κ1) is 17.6. The minimum absolute atomic E-state index is 0.157. The van der Waals surface area contributed by atoms with Crippen LogP contribution in [0.1, 0.15) is 12.5 Å². The Morgan fingerprint density at radius 2 is 1.96 bits per heavy atom. The normalized spacial score (nSPS) is 15.3. The summed E-state index contributed by atoms with van der Waals surface area (Å²) < 4.78 is 12.5. The lowest BCUT2D eigenvalue weighted by molar-refractivity contribution is -0.115. The summed E-state index contributed by atoms with van der Waals surface area (Å²) in [5, 5.41) is 4.59. The molecular weight excluding hydrogens is 432 g/mol. The van der Waals surface area contributed by atoms with Gasteiger partial charge in [-0.15, -0.1) is 0 Å². The van der Waals surface area contributed by atoms with Crippen molar-refractivity contribution in [3.63, 3.8) is 0 Å². The second-order valence-electron chi connectivity index (χ2n) is 4.42. The highest BCUT2D eigenvalue weighted by molar-refractivity contribution is 9.13. The van der Waals surface area contributed by atoms with E-state index in [1.807, 2.05) is 6.92 Å². The van der Waals surface area contributed by atoms with Crippen molar-refractivity contribution in [2.24, 2.45) is 0 Å². The fraction of sp³-hybridized carbons (Fsp3) is 0.200. The minimum Gasteiger partial charge on any atom is -0.490 e. The van der Waals surface area contributed by atoms with E-state index in [1.165, 1.54) is 0 Å². The van der Waals surface area contributed by atoms with Crippen molar-refractivity contribution in [1.29, 1.82) is 0 Å². The zero-order chi connectivity index (χ0) is 17.0. The van der Waals surface area contributed by atoms with E-state index in [-0.39, 0.29) is 5.70 Å². The van der Waals surface area contributed by atoms with Crippen LogP contribution < -0.4 is 20.1 Å². The molecule has 1 aliphatic heterocycles. The molecule has 1 aromatic rings. The predicted molar refractivity (Wildman–Crippen MR) is 93.4 cm³/mol. The van der Waals surface area contributed by atoms with E-state index in [0.29, 0.717) is 39.2 Å². The smallest absolute Gasteiger partial charge is 0.326 e. The molecule has 6 nitrogen and oxygen atoms in total. The molecule has 0 atom stereocenters. The topological polar surface area (TPSA) is 76.7 Å². The van der Waals surface area contributed by atoms with Crippen LogP contribution in [0.4, 0.5) is 4.79 Å². The van der Waals surface area contributed by atoms with E-state index in [1.54, 1.807) is 18.2 Å². The molecule has 0 saturated carbocycles. The third-order valence-electron chi connectivity index (χ3n) is 2.82. The van der Waals surface area contributed by atoms with Gasteiger partial charge in [0.05, 0.1) is 11.1 Å². The molecule has 2 rings (SSSR count). The number of benzene rings is 1. The Morgan fingerprint density at radius 1 is 1.22 bits per heavy atom. The number of nitrogens with one attached hydrogen (secondary N) is 2. The summed E-state index contributed by atoms with van der Waals surface area (Å²) in [5.41, 5.74) is 0.809. The van der Waals surface area contributed by atoms with Gasteiger partial charge in [-0.1, -0.05) is 12.7 Å². The van der Waals surface area contributed by atoms with Gasteiger partial charge in [0.2, 0.25) is 0 Å². The number of amides is 3. The Hall–Kier alpha value is -1.80. The van der Waals surface area contributed by atoms with Crippen molar-refractivity contribution < 1.29 is 19.1 Å². The maximum Gasteiger partial charge on any atom is 0.326 e. The lowest BCUT2D eigenvalue weighted by Crippen LogP contribution is -2.22. The average molecular weight is 446 g/mol. The maximum absolute atomic E-state index is 11.6. The zero-order valence-electron chi connectivity index (χ0n) is 12.2. The van der Waals surface area contributed by atoms with Gasteiger partial charge >= 0.3 is 6.03 Å². The first-order chi connectivity index (χ1) is 11.0. The summed E-state index contributed by atoms with van der Waals surface area (Å²) in [7, 11) is 0. The molecule has 2 N–H and O–H groups in total. The van der Waals surface area contributed by atoms with Gasteiger partial charge in [0.15, 0.2) is 11.5 Å². The molecule has 0 aliphatic carbocycles. The summed E-state index contributed by atoms with van der Waals surface area (Å²) >= 11 is 6.91. The molecule has 1 aromatic carbocycles. The van der Waals surface area contributed by atoms with Crippen molar-refractivity contribution in [2.75, 3.05) is 13.2 Å². The van der Waals surface area contributed by atoms with E-state index in [9.17, 15) is 9.59 Å². The van der Waals surface area contributed by atoms with Crippen LogP contribution in [-0.2, 0) is 4.79 Å². The Labute approximate surface area is 150 Å². The zero-order valence-corrected chi connectivity index (χ0v) is 15.4.